The Morgan fingerprint density at radius 2 is 1.77 bits per heavy atom. The van der Waals surface area contributed by atoms with Crippen LogP contribution in [-0.4, -0.2) is 12.4 Å². The van der Waals surface area contributed by atoms with Crippen LogP contribution in [0.2, 0.25) is 0 Å². The van der Waals surface area contributed by atoms with Gasteiger partial charge in [0, 0.05) is 0 Å². The molecular formula is C21H16FNO3. The Bertz CT molecular complexity index is 969. The van der Waals surface area contributed by atoms with E-state index in [1.165, 1.54) is 24.3 Å². The number of carbonyl (C=O) groups is 2. The van der Waals surface area contributed by atoms with E-state index < -0.39 is 11.7 Å². The zero-order chi connectivity index (χ0) is 18.5. The molecule has 0 saturated heterocycles. The van der Waals surface area contributed by atoms with Gasteiger partial charge in [0.1, 0.15) is 11.6 Å². The third kappa shape index (κ3) is 3.78. The summed E-state index contributed by atoms with van der Waals surface area (Å²) in [6.07, 6.45) is 0. The van der Waals surface area contributed by atoms with Gasteiger partial charge in [0.05, 0.1) is 11.3 Å². The van der Waals surface area contributed by atoms with Gasteiger partial charge in [-0.25, -0.2) is 4.39 Å². The summed E-state index contributed by atoms with van der Waals surface area (Å²) in [5, 5.41) is 2.51. The molecule has 0 fully saturated rings. The fourth-order valence-corrected chi connectivity index (χ4v) is 2.62. The predicted octanol–water partition coefficient (Wildman–Crippen LogP) is 4.59. The molecule has 3 rings (SSSR count). The third-order valence-electron chi connectivity index (χ3n) is 3.88. The van der Waals surface area contributed by atoms with Crippen LogP contribution in [0.15, 0.2) is 66.7 Å². The highest BCUT2D eigenvalue weighted by atomic mass is 19.1. The molecule has 0 aliphatic carbocycles. The Hall–Kier alpha value is -3.47. The highest BCUT2D eigenvalue weighted by molar-refractivity contribution is 6.06. The Balaban J connectivity index is 1.85. The summed E-state index contributed by atoms with van der Waals surface area (Å²) in [5.41, 5.74) is 2.88. The number of carbonyl (C=O) groups excluding carboxylic acids is 2. The van der Waals surface area contributed by atoms with Crippen LogP contribution in [0.5, 0.6) is 5.75 Å². The van der Waals surface area contributed by atoms with Crippen molar-refractivity contribution in [2.45, 2.75) is 6.92 Å². The minimum atomic E-state index is -0.565. The fraction of sp³-hybridized carbons (Fsp3) is 0.0476. The number of benzene rings is 3. The lowest BCUT2D eigenvalue weighted by molar-refractivity contribution is -0.120. The summed E-state index contributed by atoms with van der Waals surface area (Å²) in [6.45, 7) is 2.20. The van der Waals surface area contributed by atoms with E-state index in [1.54, 1.807) is 18.2 Å². The number of rotatable bonds is 5. The lowest BCUT2D eigenvalue weighted by Gasteiger charge is -2.10. The zero-order valence-corrected chi connectivity index (χ0v) is 14.0. The second kappa shape index (κ2) is 7.61. The molecule has 0 saturated carbocycles. The molecule has 130 valence electrons. The highest BCUT2D eigenvalue weighted by Gasteiger charge is 2.14. The molecule has 26 heavy (non-hydrogen) atoms. The first-order valence-corrected chi connectivity index (χ1v) is 7.96. The molecule has 5 heteroatoms. The van der Waals surface area contributed by atoms with E-state index >= 15 is 0 Å². The van der Waals surface area contributed by atoms with Crippen molar-refractivity contribution in [3.05, 3.63) is 83.7 Å². The summed E-state index contributed by atoms with van der Waals surface area (Å²) in [5.74, 6) is -1.01. The molecule has 0 heterocycles. The van der Waals surface area contributed by atoms with Crippen LogP contribution >= 0.6 is 0 Å². The van der Waals surface area contributed by atoms with Gasteiger partial charge in [-0.1, -0.05) is 48.0 Å². The van der Waals surface area contributed by atoms with Crippen molar-refractivity contribution in [3.63, 3.8) is 0 Å². The van der Waals surface area contributed by atoms with E-state index in [2.05, 4.69) is 5.32 Å². The molecule has 0 unspecified atom stereocenters. The Morgan fingerprint density at radius 3 is 2.50 bits per heavy atom. The Morgan fingerprint density at radius 1 is 1.00 bits per heavy atom. The van der Waals surface area contributed by atoms with Crippen molar-refractivity contribution in [1.29, 1.82) is 0 Å². The average Bonchev–Trinajstić information content (AvgIpc) is 2.64. The summed E-state index contributed by atoms with van der Waals surface area (Å²) in [4.78, 5) is 22.9. The Kier molecular flexibility index (Phi) is 5.08. The van der Waals surface area contributed by atoms with Gasteiger partial charge in [0.15, 0.2) is 0 Å². The molecular weight excluding hydrogens is 333 g/mol. The minimum Gasteiger partial charge on any atom is -0.428 e. The number of anilines is 1. The molecule has 0 radical (unpaired) electrons. The van der Waals surface area contributed by atoms with Gasteiger partial charge in [0.25, 0.3) is 12.4 Å². The largest absolute Gasteiger partial charge is 0.428 e. The maximum atomic E-state index is 14.5. The van der Waals surface area contributed by atoms with Gasteiger partial charge in [-0.2, -0.15) is 0 Å². The second-order valence-electron chi connectivity index (χ2n) is 5.73. The van der Waals surface area contributed by atoms with Crippen LogP contribution in [0, 0.1) is 12.7 Å². The standard InChI is InChI=1S/C21H16FNO3/c1-14-5-4-6-15(11-14)16-9-10-19(18(22)12-16)23-21(25)17-7-2-3-8-20(17)26-13-24/h2-13H,1H3,(H,23,25). The first-order chi connectivity index (χ1) is 12.6. The number of aryl methyl sites for hydroxylation is 1. The van der Waals surface area contributed by atoms with Gasteiger partial charge in [0.2, 0.25) is 0 Å². The van der Waals surface area contributed by atoms with Gasteiger partial charge in [-0.05, 0) is 42.3 Å². The molecule has 1 amide bonds. The average molecular weight is 349 g/mol. The van der Waals surface area contributed by atoms with E-state index in [-0.39, 0.29) is 23.5 Å². The lowest BCUT2D eigenvalue weighted by atomic mass is 10.0. The van der Waals surface area contributed by atoms with Crippen molar-refractivity contribution in [3.8, 4) is 16.9 Å². The van der Waals surface area contributed by atoms with Crippen LogP contribution in [0.4, 0.5) is 10.1 Å². The van der Waals surface area contributed by atoms with Gasteiger partial charge < -0.3 is 10.1 Å². The van der Waals surface area contributed by atoms with Crippen molar-refractivity contribution in [2.75, 3.05) is 5.32 Å². The number of hydrogen-bond donors (Lipinski definition) is 1. The van der Waals surface area contributed by atoms with Crippen LogP contribution in [-0.2, 0) is 4.79 Å². The van der Waals surface area contributed by atoms with Crippen LogP contribution in [0.3, 0.4) is 0 Å². The first-order valence-electron chi connectivity index (χ1n) is 7.96. The van der Waals surface area contributed by atoms with Gasteiger partial charge in [-0.3, -0.25) is 9.59 Å². The Labute approximate surface area is 150 Å². The first kappa shape index (κ1) is 17.4. The molecule has 1 N–H and O–H groups in total. The maximum Gasteiger partial charge on any atom is 0.298 e. The van der Waals surface area contributed by atoms with Crippen molar-refractivity contribution in [1.82, 2.24) is 0 Å². The molecule has 3 aromatic carbocycles. The molecule has 0 bridgehead atoms. The van der Waals surface area contributed by atoms with E-state index in [0.29, 0.717) is 5.56 Å². The quantitative estimate of drug-likeness (QED) is 0.686. The van der Waals surface area contributed by atoms with E-state index in [1.807, 2.05) is 31.2 Å². The zero-order valence-electron chi connectivity index (χ0n) is 14.0. The summed E-state index contributed by atoms with van der Waals surface area (Å²) in [7, 11) is 0. The van der Waals surface area contributed by atoms with E-state index in [4.69, 9.17) is 4.74 Å². The smallest absolute Gasteiger partial charge is 0.298 e. The SMILES string of the molecule is Cc1cccc(-c2ccc(NC(=O)c3ccccc3OC=O)c(F)c2)c1. The number of hydrogen-bond acceptors (Lipinski definition) is 3. The van der Waals surface area contributed by atoms with E-state index in [9.17, 15) is 14.0 Å². The van der Waals surface area contributed by atoms with Crippen LogP contribution < -0.4 is 10.1 Å². The molecule has 4 nitrogen and oxygen atoms in total. The van der Waals surface area contributed by atoms with Crippen LogP contribution in [0.1, 0.15) is 15.9 Å². The molecule has 0 aliphatic rings. The molecule has 0 spiro atoms. The minimum absolute atomic E-state index is 0.0484. The van der Waals surface area contributed by atoms with Crippen molar-refractivity contribution in [2.24, 2.45) is 0 Å². The number of ether oxygens (including phenoxy) is 1. The summed E-state index contributed by atoms with van der Waals surface area (Å²) >= 11 is 0. The number of amides is 1. The predicted molar refractivity (Wildman–Crippen MR) is 97.7 cm³/mol. The molecule has 0 aromatic heterocycles. The van der Waals surface area contributed by atoms with Crippen molar-refractivity contribution >= 4 is 18.1 Å². The van der Waals surface area contributed by atoms with Gasteiger partial charge >= 0.3 is 0 Å². The highest BCUT2D eigenvalue weighted by Crippen LogP contribution is 2.26. The number of para-hydroxylation sites is 1. The second-order valence-corrected chi connectivity index (χ2v) is 5.73. The monoisotopic (exact) mass is 349 g/mol. The summed E-state index contributed by atoms with van der Waals surface area (Å²) < 4.78 is 19.2. The molecule has 3 aromatic rings. The van der Waals surface area contributed by atoms with E-state index in [0.717, 1.165) is 11.1 Å². The van der Waals surface area contributed by atoms with Crippen LogP contribution in [0.25, 0.3) is 11.1 Å². The number of halogens is 1. The van der Waals surface area contributed by atoms with Gasteiger partial charge in [-0.15, -0.1) is 0 Å². The lowest BCUT2D eigenvalue weighted by Crippen LogP contribution is -2.14. The third-order valence-corrected chi connectivity index (χ3v) is 3.88. The van der Waals surface area contributed by atoms with Crippen molar-refractivity contribution < 1.29 is 18.7 Å². The molecule has 0 aliphatic heterocycles. The maximum absolute atomic E-state index is 14.5. The normalized spacial score (nSPS) is 10.2. The topological polar surface area (TPSA) is 55.4 Å². The summed E-state index contributed by atoms with van der Waals surface area (Å²) in [6, 6.07) is 18.6. The fourth-order valence-electron chi connectivity index (χ4n) is 2.62. The molecule has 0 atom stereocenters. The number of nitrogens with one attached hydrogen (secondary N) is 1.